The first-order valence-corrected chi connectivity index (χ1v) is 6.57. The third-order valence-corrected chi connectivity index (χ3v) is 3.21. The summed E-state index contributed by atoms with van der Waals surface area (Å²) in [5, 5.41) is 16.3. The van der Waals surface area contributed by atoms with E-state index in [2.05, 4.69) is 10.6 Å². The number of rotatable bonds is 4. The molecule has 3 N–H and O–H groups in total. The van der Waals surface area contributed by atoms with Gasteiger partial charge in [-0.3, -0.25) is 4.79 Å². The van der Waals surface area contributed by atoms with Crippen LogP contribution in [0.25, 0.3) is 0 Å². The van der Waals surface area contributed by atoms with Crippen LogP contribution in [0.15, 0.2) is 24.3 Å². The van der Waals surface area contributed by atoms with E-state index in [0.29, 0.717) is 24.8 Å². The van der Waals surface area contributed by atoms with Gasteiger partial charge >= 0.3 is 0 Å². The lowest BCUT2D eigenvalue weighted by molar-refractivity contribution is -0.126. The van der Waals surface area contributed by atoms with Crippen molar-refractivity contribution in [2.24, 2.45) is 0 Å². The summed E-state index contributed by atoms with van der Waals surface area (Å²) in [5.74, 6) is -0.160. The van der Waals surface area contributed by atoms with Crippen LogP contribution in [0.3, 0.4) is 0 Å². The van der Waals surface area contributed by atoms with E-state index in [-0.39, 0.29) is 18.5 Å². The number of benzene rings is 1. The Balaban J connectivity index is 1.80. The molecule has 1 heterocycles. The molecule has 0 unspecified atom stereocenters. The number of halogens is 1. The molecular formula is C13H17ClN2O3. The molecule has 19 heavy (non-hydrogen) atoms. The third kappa shape index (κ3) is 4.18. The molecule has 0 aliphatic carbocycles. The first-order chi connectivity index (χ1) is 9.16. The Morgan fingerprint density at radius 1 is 1.53 bits per heavy atom. The molecule has 1 aromatic rings. The van der Waals surface area contributed by atoms with Crippen LogP contribution in [-0.4, -0.2) is 43.4 Å². The number of hydrogen-bond acceptors (Lipinski definition) is 4. The lowest BCUT2D eigenvalue weighted by Gasteiger charge is -2.23. The minimum absolute atomic E-state index is 0.160. The second-order valence-electron chi connectivity index (χ2n) is 4.39. The Kier molecular flexibility index (Phi) is 5.15. The zero-order valence-electron chi connectivity index (χ0n) is 10.4. The molecule has 0 saturated carbocycles. The highest BCUT2D eigenvalue weighted by molar-refractivity contribution is 6.30. The monoisotopic (exact) mass is 284 g/mol. The molecule has 1 fully saturated rings. The van der Waals surface area contributed by atoms with Crippen molar-refractivity contribution in [3.8, 4) is 0 Å². The van der Waals surface area contributed by atoms with Gasteiger partial charge in [0.2, 0.25) is 5.91 Å². The first kappa shape index (κ1) is 14.3. The number of amides is 1. The van der Waals surface area contributed by atoms with Gasteiger partial charge in [-0.25, -0.2) is 0 Å². The van der Waals surface area contributed by atoms with E-state index >= 15 is 0 Å². The molecule has 2 rings (SSSR count). The van der Waals surface area contributed by atoms with Crippen molar-refractivity contribution in [3.63, 3.8) is 0 Å². The van der Waals surface area contributed by atoms with E-state index in [0.717, 1.165) is 5.56 Å². The average molecular weight is 285 g/mol. The normalized spacial score (nSPS) is 20.8. The second-order valence-corrected chi connectivity index (χ2v) is 4.83. The summed E-state index contributed by atoms with van der Waals surface area (Å²) < 4.78 is 5.21. The Morgan fingerprint density at radius 2 is 2.26 bits per heavy atom. The van der Waals surface area contributed by atoms with Crippen LogP contribution < -0.4 is 10.6 Å². The first-order valence-electron chi connectivity index (χ1n) is 6.19. The standard InChI is InChI=1S/C13H17ClN2O3/c14-10-3-1-9(2-4-10)12(17)7-16-13(18)11-8-19-6-5-15-11/h1-4,11-12,15,17H,5-8H2,(H,16,18)/t11-,12-/m0/s1. The molecule has 6 heteroatoms. The Morgan fingerprint density at radius 3 is 2.89 bits per heavy atom. The van der Waals surface area contributed by atoms with Gasteiger partial charge in [0.05, 0.1) is 19.3 Å². The molecule has 0 radical (unpaired) electrons. The van der Waals surface area contributed by atoms with Crippen LogP contribution in [0.5, 0.6) is 0 Å². The lowest BCUT2D eigenvalue weighted by atomic mass is 10.1. The van der Waals surface area contributed by atoms with Crippen molar-refractivity contribution >= 4 is 17.5 Å². The number of ether oxygens (including phenoxy) is 1. The molecule has 1 amide bonds. The Labute approximate surface area is 116 Å². The predicted molar refractivity (Wildman–Crippen MR) is 72.0 cm³/mol. The van der Waals surface area contributed by atoms with E-state index in [1.54, 1.807) is 24.3 Å². The Hall–Kier alpha value is -1.14. The van der Waals surface area contributed by atoms with Crippen LogP contribution in [0.1, 0.15) is 11.7 Å². The molecule has 104 valence electrons. The molecule has 1 aliphatic heterocycles. The molecule has 2 atom stereocenters. The highest BCUT2D eigenvalue weighted by atomic mass is 35.5. The molecule has 1 saturated heterocycles. The third-order valence-electron chi connectivity index (χ3n) is 2.96. The number of morpholine rings is 1. The van der Waals surface area contributed by atoms with Crippen molar-refractivity contribution in [1.29, 1.82) is 0 Å². The molecular weight excluding hydrogens is 268 g/mol. The van der Waals surface area contributed by atoms with Crippen molar-refractivity contribution < 1.29 is 14.6 Å². The minimum atomic E-state index is -0.745. The fourth-order valence-electron chi connectivity index (χ4n) is 1.86. The van der Waals surface area contributed by atoms with Gasteiger partial charge in [-0.15, -0.1) is 0 Å². The Bertz CT molecular complexity index is 418. The van der Waals surface area contributed by atoms with Gasteiger partial charge in [0.1, 0.15) is 6.04 Å². The average Bonchev–Trinajstić information content (AvgIpc) is 2.46. The summed E-state index contributed by atoms with van der Waals surface area (Å²) in [4.78, 5) is 11.8. The maximum atomic E-state index is 11.8. The second kappa shape index (κ2) is 6.86. The van der Waals surface area contributed by atoms with Crippen LogP contribution in [0.4, 0.5) is 0 Å². The van der Waals surface area contributed by atoms with Gasteiger partial charge in [0, 0.05) is 18.1 Å². The maximum Gasteiger partial charge on any atom is 0.239 e. The largest absolute Gasteiger partial charge is 0.387 e. The topological polar surface area (TPSA) is 70.6 Å². The van der Waals surface area contributed by atoms with Gasteiger partial charge in [0.15, 0.2) is 0 Å². The number of aliphatic hydroxyl groups excluding tert-OH is 1. The van der Waals surface area contributed by atoms with E-state index in [1.165, 1.54) is 0 Å². The highest BCUT2D eigenvalue weighted by Gasteiger charge is 2.21. The number of carbonyl (C=O) groups excluding carboxylic acids is 1. The summed E-state index contributed by atoms with van der Waals surface area (Å²) in [6, 6.07) is 6.55. The van der Waals surface area contributed by atoms with Crippen LogP contribution in [-0.2, 0) is 9.53 Å². The lowest BCUT2D eigenvalue weighted by Crippen LogP contribution is -2.51. The number of aliphatic hydroxyl groups is 1. The fourth-order valence-corrected chi connectivity index (χ4v) is 1.98. The SMILES string of the molecule is O=C(NC[C@H](O)c1ccc(Cl)cc1)[C@@H]1COCCN1. The van der Waals surface area contributed by atoms with E-state index in [1.807, 2.05) is 0 Å². The molecule has 0 aromatic heterocycles. The number of hydrogen-bond donors (Lipinski definition) is 3. The van der Waals surface area contributed by atoms with Crippen LogP contribution >= 0.6 is 11.6 Å². The summed E-state index contributed by atoms with van der Waals surface area (Å²) in [7, 11) is 0. The zero-order valence-corrected chi connectivity index (χ0v) is 11.2. The molecule has 1 aliphatic rings. The zero-order chi connectivity index (χ0) is 13.7. The van der Waals surface area contributed by atoms with Gasteiger partial charge in [0.25, 0.3) is 0 Å². The van der Waals surface area contributed by atoms with E-state index < -0.39 is 6.10 Å². The maximum absolute atomic E-state index is 11.8. The number of nitrogens with one attached hydrogen (secondary N) is 2. The van der Waals surface area contributed by atoms with Gasteiger partial charge < -0.3 is 20.5 Å². The van der Waals surface area contributed by atoms with Crippen molar-refractivity contribution in [1.82, 2.24) is 10.6 Å². The summed E-state index contributed by atoms with van der Waals surface area (Å²) >= 11 is 5.77. The molecule has 5 nitrogen and oxygen atoms in total. The van der Waals surface area contributed by atoms with Crippen LogP contribution in [0, 0.1) is 0 Å². The van der Waals surface area contributed by atoms with E-state index in [9.17, 15) is 9.90 Å². The van der Waals surface area contributed by atoms with Crippen molar-refractivity contribution in [2.45, 2.75) is 12.1 Å². The van der Waals surface area contributed by atoms with Gasteiger partial charge in [-0.1, -0.05) is 23.7 Å². The number of carbonyl (C=O) groups is 1. The van der Waals surface area contributed by atoms with E-state index in [4.69, 9.17) is 16.3 Å². The van der Waals surface area contributed by atoms with Crippen LogP contribution in [0.2, 0.25) is 5.02 Å². The predicted octanol–water partition coefficient (Wildman–Crippen LogP) is 0.478. The van der Waals surface area contributed by atoms with Gasteiger partial charge in [-0.05, 0) is 17.7 Å². The quantitative estimate of drug-likeness (QED) is 0.752. The van der Waals surface area contributed by atoms with Crippen molar-refractivity contribution in [2.75, 3.05) is 26.3 Å². The summed E-state index contributed by atoms with van der Waals surface area (Å²) in [6.07, 6.45) is -0.745. The molecule has 0 bridgehead atoms. The van der Waals surface area contributed by atoms with Crippen molar-refractivity contribution in [3.05, 3.63) is 34.9 Å². The highest BCUT2D eigenvalue weighted by Crippen LogP contribution is 2.15. The smallest absolute Gasteiger partial charge is 0.239 e. The molecule has 1 aromatic carbocycles. The fraction of sp³-hybridized carbons (Fsp3) is 0.462. The summed E-state index contributed by atoms with van der Waals surface area (Å²) in [6.45, 7) is 1.82. The summed E-state index contributed by atoms with van der Waals surface area (Å²) in [5.41, 5.74) is 0.720. The van der Waals surface area contributed by atoms with Gasteiger partial charge in [-0.2, -0.15) is 0 Å². The molecule has 0 spiro atoms. The minimum Gasteiger partial charge on any atom is -0.387 e.